The van der Waals surface area contributed by atoms with E-state index >= 15 is 0 Å². The van der Waals surface area contributed by atoms with E-state index < -0.39 is 12.2 Å². The van der Waals surface area contributed by atoms with Crippen molar-refractivity contribution in [3.63, 3.8) is 0 Å². The van der Waals surface area contributed by atoms with Gasteiger partial charge in [0.05, 0.1) is 11.6 Å². The molecule has 6 heteroatoms. The number of esters is 1. The second-order valence-electron chi connectivity index (χ2n) is 8.39. The smallest absolute Gasteiger partial charge is 0.343 e. The number of para-hydroxylation sites is 1. The first-order chi connectivity index (χ1) is 16.7. The number of benzene rings is 3. The zero-order valence-electron chi connectivity index (χ0n) is 18.5. The fraction of sp³-hybridized carbons (Fsp3) is 0.143. The molecule has 1 aromatic heterocycles. The molecule has 0 bridgehead atoms. The molecule has 0 aliphatic carbocycles. The first-order valence-corrected chi connectivity index (χ1v) is 11.2. The average Bonchev–Trinajstić information content (AvgIpc) is 3.51. The maximum atomic E-state index is 12.4. The molecule has 3 heterocycles. The summed E-state index contributed by atoms with van der Waals surface area (Å²) in [6.45, 7) is 1.93. The topological polar surface area (TPSA) is 64.3 Å². The second kappa shape index (κ2) is 8.23. The third kappa shape index (κ3) is 3.63. The molecule has 4 aromatic rings. The average molecular weight is 450 g/mol. The minimum absolute atomic E-state index is 0.0472. The molecule has 34 heavy (non-hydrogen) atoms. The fourth-order valence-corrected chi connectivity index (χ4v) is 4.43. The van der Waals surface area contributed by atoms with Crippen LogP contribution >= 0.6 is 0 Å². The molecular formula is C28H22N2O4. The van der Waals surface area contributed by atoms with Crippen molar-refractivity contribution in [3.8, 4) is 11.5 Å². The van der Waals surface area contributed by atoms with Gasteiger partial charge in [0.25, 0.3) is 0 Å². The number of carbonyl (C=O) groups excluding carboxylic acids is 1. The summed E-state index contributed by atoms with van der Waals surface area (Å²) in [5.74, 6) is 2.57. The maximum absolute atomic E-state index is 12.4. The summed E-state index contributed by atoms with van der Waals surface area (Å²) >= 11 is 0. The molecule has 0 fully saturated rings. The SMILES string of the molecule is Cc1ccc(C2=NN3[C@@H](c4ccc(OC(=O)c5ccccc5)cc4)Oc4ccccc4[C@@H]3C2)o1. The molecule has 6 rings (SSSR count). The number of hydrazone groups is 1. The van der Waals surface area contributed by atoms with Crippen molar-refractivity contribution in [1.29, 1.82) is 0 Å². The highest BCUT2D eigenvalue weighted by atomic mass is 16.5. The predicted octanol–water partition coefficient (Wildman–Crippen LogP) is 6.05. The van der Waals surface area contributed by atoms with Gasteiger partial charge in [0, 0.05) is 17.5 Å². The van der Waals surface area contributed by atoms with Crippen molar-refractivity contribution in [3.05, 3.63) is 119 Å². The van der Waals surface area contributed by atoms with E-state index in [1.54, 1.807) is 24.3 Å². The van der Waals surface area contributed by atoms with Crippen LogP contribution in [-0.2, 0) is 0 Å². The number of carbonyl (C=O) groups is 1. The van der Waals surface area contributed by atoms with Gasteiger partial charge in [0.15, 0.2) is 0 Å². The van der Waals surface area contributed by atoms with E-state index in [4.69, 9.17) is 19.0 Å². The summed E-state index contributed by atoms with van der Waals surface area (Å²) in [5, 5.41) is 6.91. The van der Waals surface area contributed by atoms with Crippen molar-refractivity contribution in [2.75, 3.05) is 0 Å². The molecular weight excluding hydrogens is 428 g/mol. The highest BCUT2D eigenvalue weighted by Crippen LogP contribution is 2.47. The van der Waals surface area contributed by atoms with Gasteiger partial charge >= 0.3 is 5.97 Å². The van der Waals surface area contributed by atoms with Gasteiger partial charge in [-0.05, 0) is 61.5 Å². The lowest BCUT2D eigenvalue weighted by atomic mass is 9.97. The van der Waals surface area contributed by atoms with Crippen LogP contribution in [0.4, 0.5) is 0 Å². The molecule has 0 saturated carbocycles. The Morgan fingerprint density at radius 2 is 1.71 bits per heavy atom. The fourth-order valence-electron chi connectivity index (χ4n) is 4.43. The molecule has 0 unspecified atom stereocenters. The van der Waals surface area contributed by atoms with E-state index in [2.05, 4.69) is 6.07 Å². The predicted molar refractivity (Wildman–Crippen MR) is 127 cm³/mol. The molecule has 2 aliphatic rings. The van der Waals surface area contributed by atoms with Crippen LogP contribution in [0.15, 0.2) is 101 Å². The van der Waals surface area contributed by atoms with Crippen LogP contribution in [0.25, 0.3) is 0 Å². The van der Waals surface area contributed by atoms with Crippen LogP contribution in [0.5, 0.6) is 11.5 Å². The Balaban J connectivity index is 1.29. The van der Waals surface area contributed by atoms with Gasteiger partial charge in [0.2, 0.25) is 6.23 Å². The summed E-state index contributed by atoms with van der Waals surface area (Å²) < 4.78 is 17.8. The number of nitrogens with zero attached hydrogens (tertiary/aromatic N) is 2. The quantitative estimate of drug-likeness (QED) is 0.280. The summed E-state index contributed by atoms with van der Waals surface area (Å²) in [4.78, 5) is 12.4. The molecule has 0 saturated heterocycles. The summed E-state index contributed by atoms with van der Waals surface area (Å²) in [7, 11) is 0. The number of hydrogen-bond acceptors (Lipinski definition) is 6. The molecule has 2 aliphatic heterocycles. The van der Waals surface area contributed by atoms with E-state index in [0.29, 0.717) is 11.3 Å². The van der Waals surface area contributed by atoms with E-state index in [1.807, 2.05) is 72.6 Å². The van der Waals surface area contributed by atoms with Gasteiger partial charge in [-0.2, -0.15) is 5.10 Å². The first kappa shape index (κ1) is 20.3. The number of rotatable bonds is 4. The monoisotopic (exact) mass is 450 g/mol. The third-order valence-corrected chi connectivity index (χ3v) is 6.11. The Kier molecular flexibility index (Phi) is 4.91. The molecule has 2 atom stereocenters. The first-order valence-electron chi connectivity index (χ1n) is 11.2. The Labute approximate surface area is 197 Å². The van der Waals surface area contributed by atoms with E-state index in [0.717, 1.165) is 40.5 Å². The number of fused-ring (bicyclic) bond motifs is 3. The van der Waals surface area contributed by atoms with Gasteiger partial charge in [0.1, 0.15) is 28.7 Å². The number of furan rings is 1. The summed E-state index contributed by atoms with van der Waals surface area (Å²) in [5.41, 5.74) is 3.43. The van der Waals surface area contributed by atoms with Gasteiger partial charge in [-0.25, -0.2) is 9.80 Å². The van der Waals surface area contributed by atoms with Gasteiger partial charge < -0.3 is 13.9 Å². The van der Waals surface area contributed by atoms with Crippen molar-refractivity contribution in [2.45, 2.75) is 25.6 Å². The lowest BCUT2D eigenvalue weighted by molar-refractivity contribution is -0.0190. The van der Waals surface area contributed by atoms with Crippen molar-refractivity contribution < 1.29 is 18.7 Å². The Morgan fingerprint density at radius 3 is 2.47 bits per heavy atom. The minimum atomic E-state index is -0.410. The van der Waals surface area contributed by atoms with Crippen LogP contribution in [0.1, 0.15) is 51.7 Å². The minimum Gasteiger partial charge on any atom is -0.464 e. The zero-order chi connectivity index (χ0) is 23.1. The van der Waals surface area contributed by atoms with Crippen molar-refractivity contribution in [1.82, 2.24) is 5.01 Å². The Morgan fingerprint density at radius 1 is 0.941 bits per heavy atom. The van der Waals surface area contributed by atoms with Crippen LogP contribution in [0.3, 0.4) is 0 Å². The molecule has 0 N–H and O–H groups in total. The standard InChI is InChI=1S/C28H22N2O4/c1-18-11-16-26(32-18)23-17-24-22-9-5-6-10-25(22)34-27(30(24)29-23)19-12-14-21(15-13-19)33-28(31)20-7-3-2-4-8-20/h2-16,24,27H,17H2,1H3/t24-,27+/m0/s1. The van der Waals surface area contributed by atoms with Crippen molar-refractivity contribution >= 4 is 11.7 Å². The molecule has 0 spiro atoms. The zero-order valence-corrected chi connectivity index (χ0v) is 18.5. The van der Waals surface area contributed by atoms with Gasteiger partial charge in [-0.15, -0.1) is 0 Å². The summed E-state index contributed by atoms with van der Waals surface area (Å²) in [6, 6.07) is 28.4. The number of hydrogen-bond donors (Lipinski definition) is 0. The third-order valence-electron chi connectivity index (χ3n) is 6.11. The van der Waals surface area contributed by atoms with Crippen LogP contribution < -0.4 is 9.47 Å². The Bertz CT molecular complexity index is 1380. The molecule has 0 amide bonds. The second-order valence-corrected chi connectivity index (χ2v) is 8.39. The summed E-state index contributed by atoms with van der Waals surface area (Å²) in [6.07, 6.45) is 0.323. The molecule has 168 valence electrons. The largest absolute Gasteiger partial charge is 0.464 e. The lowest BCUT2D eigenvalue weighted by Gasteiger charge is -2.38. The van der Waals surface area contributed by atoms with E-state index in [1.165, 1.54) is 0 Å². The maximum Gasteiger partial charge on any atom is 0.343 e. The van der Waals surface area contributed by atoms with Crippen molar-refractivity contribution in [2.24, 2.45) is 5.10 Å². The van der Waals surface area contributed by atoms with Crippen LogP contribution in [0.2, 0.25) is 0 Å². The van der Waals surface area contributed by atoms with E-state index in [-0.39, 0.29) is 6.04 Å². The molecule has 3 aromatic carbocycles. The van der Waals surface area contributed by atoms with Crippen LogP contribution in [-0.4, -0.2) is 16.7 Å². The number of aryl methyl sites for hydroxylation is 1. The molecule has 6 nitrogen and oxygen atoms in total. The van der Waals surface area contributed by atoms with Crippen LogP contribution in [0, 0.1) is 6.92 Å². The Hall–Kier alpha value is -4.32. The lowest BCUT2D eigenvalue weighted by Crippen LogP contribution is -2.33. The number of ether oxygens (including phenoxy) is 2. The highest BCUT2D eigenvalue weighted by molar-refractivity contribution is 5.99. The normalized spacial score (nSPS) is 18.5. The molecule has 0 radical (unpaired) electrons. The highest BCUT2D eigenvalue weighted by Gasteiger charge is 2.41. The van der Waals surface area contributed by atoms with Gasteiger partial charge in [-0.3, -0.25) is 0 Å². The van der Waals surface area contributed by atoms with E-state index in [9.17, 15) is 4.79 Å². The van der Waals surface area contributed by atoms with Gasteiger partial charge in [-0.1, -0.05) is 36.4 Å².